The molecule has 31 heavy (non-hydrogen) atoms. The lowest BCUT2D eigenvalue weighted by atomic mass is 9.83. The molecule has 0 atom stereocenters. The molecule has 1 aliphatic carbocycles. The number of ether oxygens (including phenoxy) is 2. The first-order valence-electron chi connectivity index (χ1n) is 10.9. The van der Waals surface area contributed by atoms with Gasteiger partial charge in [-0.15, -0.1) is 0 Å². The number of phenols is 1. The number of pyridine rings is 1. The fourth-order valence-electron chi connectivity index (χ4n) is 4.64. The third-order valence-corrected chi connectivity index (χ3v) is 6.45. The van der Waals surface area contributed by atoms with Gasteiger partial charge in [0, 0.05) is 36.7 Å². The van der Waals surface area contributed by atoms with Crippen molar-refractivity contribution < 1.29 is 24.1 Å². The Morgan fingerprint density at radius 1 is 1.03 bits per heavy atom. The SMILES string of the molecule is OC[C@H]1C[C@H](Oc2nc(C3CCOCC3)c(-c3ccc(F)cc3)c3ccc(O)cc23)C1. The van der Waals surface area contributed by atoms with Gasteiger partial charge in [-0.3, -0.25) is 0 Å². The average molecular weight is 423 g/mol. The van der Waals surface area contributed by atoms with Crippen LogP contribution in [0.15, 0.2) is 42.5 Å². The molecule has 2 aliphatic rings. The molecular weight excluding hydrogens is 397 g/mol. The fourth-order valence-corrected chi connectivity index (χ4v) is 4.64. The van der Waals surface area contributed by atoms with Crippen molar-refractivity contribution in [3.63, 3.8) is 0 Å². The van der Waals surface area contributed by atoms with E-state index in [1.807, 2.05) is 6.07 Å². The second-order valence-electron chi connectivity index (χ2n) is 8.56. The van der Waals surface area contributed by atoms with E-state index in [4.69, 9.17) is 14.5 Å². The van der Waals surface area contributed by atoms with Crippen molar-refractivity contribution in [3.05, 3.63) is 54.0 Å². The highest BCUT2D eigenvalue weighted by Crippen LogP contribution is 2.43. The summed E-state index contributed by atoms with van der Waals surface area (Å²) in [7, 11) is 0. The lowest BCUT2D eigenvalue weighted by Gasteiger charge is -2.34. The van der Waals surface area contributed by atoms with Crippen LogP contribution >= 0.6 is 0 Å². The van der Waals surface area contributed by atoms with Crippen LogP contribution in [0.3, 0.4) is 0 Å². The fraction of sp³-hybridized carbons (Fsp3) is 0.400. The number of phenolic OH excluding ortho intramolecular Hbond substituents is 1. The maximum atomic E-state index is 13.6. The number of benzene rings is 2. The molecule has 2 heterocycles. The summed E-state index contributed by atoms with van der Waals surface area (Å²) in [6.07, 6.45) is 3.32. The number of hydrogen-bond acceptors (Lipinski definition) is 5. The van der Waals surface area contributed by atoms with E-state index in [1.54, 1.807) is 24.3 Å². The third-order valence-electron chi connectivity index (χ3n) is 6.45. The normalized spacial score (nSPS) is 21.7. The Bertz CT molecular complexity index is 1070. The molecule has 1 aromatic heterocycles. The number of aliphatic hydroxyl groups is 1. The van der Waals surface area contributed by atoms with Gasteiger partial charge >= 0.3 is 0 Å². The quantitative estimate of drug-likeness (QED) is 0.617. The maximum Gasteiger partial charge on any atom is 0.222 e. The largest absolute Gasteiger partial charge is 0.508 e. The smallest absolute Gasteiger partial charge is 0.222 e. The number of aromatic hydroxyl groups is 1. The highest BCUT2D eigenvalue weighted by molar-refractivity contribution is 6.01. The Hall–Kier alpha value is -2.70. The zero-order valence-corrected chi connectivity index (χ0v) is 17.3. The molecule has 0 amide bonds. The number of nitrogens with zero attached hydrogens (tertiary/aromatic N) is 1. The van der Waals surface area contributed by atoms with Crippen molar-refractivity contribution in [1.29, 1.82) is 0 Å². The van der Waals surface area contributed by atoms with E-state index in [0.717, 1.165) is 53.3 Å². The van der Waals surface area contributed by atoms with E-state index in [2.05, 4.69) is 0 Å². The third kappa shape index (κ3) is 3.98. The Balaban J connectivity index is 1.67. The number of rotatable bonds is 5. The molecule has 0 unspecified atom stereocenters. The lowest BCUT2D eigenvalue weighted by molar-refractivity contribution is 0.0303. The minimum atomic E-state index is -0.283. The molecule has 2 N–H and O–H groups in total. The first-order valence-corrected chi connectivity index (χ1v) is 10.9. The Morgan fingerprint density at radius 2 is 1.77 bits per heavy atom. The number of aliphatic hydroxyl groups excluding tert-OH is 1. The summed E-state index contributed by atoms with van der Waals surface area (Å²) in [5.41, 5.74) is 2.78. The molecule has 0 radical (unpaired) electrons. The van der Waals surface area contributed by atoms with Crippen LogP contribution < -0.4 is 4.74 Å². The van der Waals surface area contributed by atoms with Crippen molar-refractivity contribution in [2.45, 2.75) is 37.7 Å². The lowest BCUT2D eigenvalue weighted by Crippen LogP contribution is -2.36. The molecule has 5 nitrogen and oxygen atoms in total. The molecule has 0 bridgehead atoms. The summed E-state index contributed by atoms with van der Waals surface area (Å²) < 4.78 is 25.5. The van der Waals surface area contributed by atoms with Gasteiger partial charge in [0.15, 0.2) is 0 Å². The van der Waals surface area contributed by atoms with Gasteiger partial charge in [-0.1, -0.05) is 12.1 Å². The molecule has 2 aromatic carbocycles. The zero-order chi connectivity index (χ0) is 21.4. The Kier molecular flexibility index (Phi) is 5.50. The molecule has 1 saturated heterocycles. The summed E-state index contributed by atoms with van der Waals surface area (Å²) in [4.78, 5) is 4.99. The second-order valence-corrected chi connectivity index (χ2v) is 8.56. The van der Waals surface area contributed by atoms with Gasteiger partial charge in [-0.2, -0.15) is 0 Å². The highest BCUT2D eigenvalue weighted by atomic mass is 19.1. The number of fused-ring (bicyclic) bond motifs is 1. The second kappa shape index (κ2) is 8.44. The van der Waals surface area contributed by atoms with Gasteiger partial charge < -0.3 is 19.7 Å². The summed E-state index contributed by atoms with van der Waals surface area (Å²) >= 11 is 0. The summed E-state index contributed by atoms with van der Waals surface area (Å²) in [6, 6.07) is 11.7. The van der Waals surface area contributed by atoms with Crippen LogP contribution in [0.4, 0.5) is 4.39 Å². The van der Waals surface area contributed by atoms with Gasteiger partial charge in [-0.05, 0) is 72.9 Å². The monoisotopic (exact) mass is 423 g/mol. The molecular formula is C25H26FNO4. The summed E-state index contributed by atoms with van der Waals surface area (Å²) in [5, 5.41) is 21.2. The van der Waals surface area contributed by atoms with E-state index >= 15 is 0 Å². The summed E-state index contributed by atoms with van der Waals surface area (Å²) in [5.74, 6) is 0.859. The minimum Gasteiger partial charge on any atom is -0.508 e. The molecule has 1 aliphatic heterocycles. The van der Waals surface area contributed by atoms with E-state index in [-0.39, 0.29) is 36.1 Å². The van der Waals surface area contributed by atoms with Crippen molar-refractivity contribution in [2.75, 3.05) is 19.8 Å². The predicted octanol–water partition coefficient (Wildman–Crippen LogP) is 4.79. The topological polar surface area (TPSA) is 71.8 Å². The van der Waals surface area contributed by atoms with Crippen LogP contribution in [-0.4, -0.2) is 41.1 Å². The number of aromatic nitrogens is 1. The van der Waals surface area contributed by atoms with Gasteiger partial charge in [0.1, 0.15) is 17.7 Å². The molecule has 5 rings (SSSR count). The van der Waals surface area contributed by atoms with Gasteiger partial charge in [-0.25, -0.2) is 9.37 Å². The average Bonchev–Trinajstić information content (AvgIpc) is 2.77. The van der Waals surface area contributed by atoms with Crippen LogP contribution in [-0.2, 0) is 4.74 Å². The first kappa shape index (κ1) is 20.2. The molecule has 0 spiro atoms. The molecule has 6 heteroatoms. The van der Waals surface area contributed by atoms with Gasteiger partial charge in [0.2, 0.25) is 5.88 Å². The molecule has 2 fully saturated rings. The van der Waals surface area contributed by atoms with Crippen LogP contribution in [0.25, 0.3) is 21.9 Å². The first-order chi connectivity index (χ1) is 15.1. The van der Waals surface area contributed by atoms with E-state index in [0.29, 0.717) is 19.1 Å². The van der Waals surface area contributed by atoms with E-state index in [9.17, 15) is 14.6 Å². The van der Waals surface area contributed by atoms with Crippen LogP contribution in [0, 0.1) is 11.7 Å². The molecule has 1 saturated carbocycles. The Labute approximate surface area is 180 Å². The molecule has 3 aromatic rings. The van der Waals surface area contributed by atoms with Crippen LogP contribution in [0.2, 0.25) is 0 Å². The maximum absolute atomic E-state index is 13.6. The van der Waals surface area contributed by atoms with Gasteiger partial charge in [0.05, 0.1) is 5.69 Å². The number of halogens is 1. The van der Waals surface area contributed by atoms with Crippen molar-refractivity contribution in [2.24, 2.45) is 5.92 Å². The van der Waals surface area contributed by atoms with Crippen molar-refractivity contribution in [1.82, 2.24) is 4.98 Å². The summed E-state index contributed by atoms with van der Waals surface area (Å²) in [6.45, 7) is 1.53. The van der Waals surface area contributed by atoms with Gasteiger partial charge in [0.25, 0.3) is 0 Å². The predicted molar refractivity (Wildman–Crippen MR) is 116 cm³/mol. The number of hydrogen-bond donors (Lipinski definition) is 2. The van der Waals surface area contributed by atoms with Crippen molar-refractivity contribution >= 4 is 10.8 Å². The van der Waals surface area contributed by atoms with E-state index in [1.165, 1.54) is 12.1 Å². The van der Waals surface area contributed by atoms with Crippen LogP contribution in [0.5, 0.6) is 11.6 Å². The van der Waals surface area contributed by atoms with Crippen molar-refractivity contribution in [3.8, 4) is 22.8 Å². The standard InChI is InChI=1S/C25H26FNO4/c26-18-3-1-16(2-4-18)23-21-6-5-19(29)13-22(21)25(31-20-11-15(12-20)14-28)27-24(23)17-7-9-30-10-8-17/h1-6,13,15,17,20,28-29H,7-12,14H2/t15-,20-. The zero-order valence-electron chi connectivity index (χ0n) is 17.3. The van der Waals surface area contributed by atoms with E-state index < -0.39 is 0 Å². The highest BCUT2D eigenvalue weighted by Gasteiger charge is 2.32. The Morgan fingerprint density at radius 3 is 2.48 bits per heavy atom. The molecule has 162 valence electrons. The minimum absolute atomic E-state index is 0.00871. The van der Waals surface area contributed by atoms with Crippen LogP contribution in [0.1, 0.15) is 37.3 Å².